The zero-order chi connectivity index (χ0) is 30.8. The maximum absolute atomic E-state index is 12.9. The number of nitrogens with zero attached hydrogens (tertiary/aromatic N) is 2. The van der Waals surface area contributed by atoms with E-state index in [9.17, 15) is 32.7 Å². The second kappa shape index (κ2) is 19.1. The molecule has 234 valence electrons. The van der Waals surface area contributed by atoms with Gasteiger partial charge in [0.15, 0.2) is 5.71 Å². The summed E-state index contributed by atoms with van der Waals surface area (Å²) in [6.45, 7) is 2.24. The lowest BCUT2D eigenvalue weighted by Crippen LogP contribution is -2.24. The Kier molecular flexibility index (Phi) is 15.9. The van der Waals surface area contributed by atoms with E-state index in [0.29, 0.717) is 10.7 Å². The van der Waals surface area contributed by atoms with Crippen LogP contribution in [0.25, 0.3) is 0 Å². The molecule has 7 nitrogen and oxygen atoms in total. The summed E-state index contributed by atoms with van der Waals surface area (Å²) in [6, 6.07) is 5.59. The minimum atomic E-state index is -4.68. The van der Waals surface area contributed by atoms with E-state index in [4.69, 9.17) is 0 Å². The minimum Gasteiger partial charge on any atom is -0.481 e. The van der Waals surface area contributed by atoms with Crippen molar-refractivity contribution in [2.75, 3.05) is 10.3 Å². The summed E-state index contributed by atoms with van der Waals surface area (Å²) >= 11 is 0. The Morgan fingerprint density at radius 2 is 1.45 bits per heavy atom. The van der Waals surface area contributed by atoms with E-state index < -0.39 is 42.0 Å². The fourth-order valence-electron chi connectivity index (χ4n) is 4.86. The number of nitrogens with one attached hydrogen (secondary N) is 1. The highest BCUT2D eigenvalue weighted by atomic mass is 19.4. The first-order valence-electron chi connectivity index (χ1n) is 15.4. The normalized spacial score (nSPS) is 14.4. The van der Waals surface area contributed by atoms with Gasteiger partial charge in [0.1, 0.15) is 0 Å². The maximum Gasteiger partial charge on any atom is 0.431 e. The quantitative estimate of drug-likeness (QED) is 0.110. The molecule has 2 N–H and O–H groups in total. The molecule has 0 spiro atoms. The van der Waals surface area contributed by atoms with Gasteiger partial charge in [-0.1, -0.05) is 103 Å². The van der Waals surface area contributed by atoms with Crippen LogP contribution in [0.15, 0.2) is 41.5 Å². The van der Waals surface area contributed by atoms with Crippen molar-refractivity contribution in [1.82, 2.24) is 0 Å². The number of hydrogen-bond donors (Lipinski definition) is 2. The van der Waals surface area contributed by atoms with Crippen LogP contribution in [0.4, 0.5) is 24.5 Å². The molecule has 0 radical (unpaired) electrons. The molecule has 1 atom stereocenters. The topological polar surface area (TPSA) is 99.1 Å². The number of rotatable bonds is 21. The van der Waals surface area contributed by atoms with E-state index in [2.05, 4.69) is 17.3 Å². The predicted octanol–water partition coefficient (Wildman–Crippen LogP) is 8.80. The van der Waals surface area contributed by atoms with Crippen molar-refractivity contribution in [3.05, 3.63) is 36.4 Å². The molecule has 1 aliphatic heterocycles. The zero-order valence-corrected chi connectivity index (χ0v) is 24.8. The van der Waals surface area contributed by atoms with E-state index in [1.165, 1.54) is 101 Å². The van der Waals surface area contributed by atoms with Gasteiger partial charge in [-0.15, -0.1) is 0 Å². The number of carbonyl (C=O) groups is 3. The van der Waals surface area contributed by atoms with Gasteiger partial charge in [-0.3, -0.25) is 14.4 Å². The van der Waals surface area contributed by atoms with Crippen molar-refractivity contribution >= 4 is 34.9 Å². The number of hydrogen-bond acceptors (Lipinski definition) is 4. The summed E-state index contributed by atoms with van der Waals surface area (Å²) in [5, 5.41) is 15.9. The molecule has 1 heterocycles. The number of unbranched alkanes of at least 4 members (excludes halogenated alkanes) is 14. The first kappa shape index (κ1) is 35.0. The van der Waals surface area contributed by atoms with E-state index in [-0.39, 0.29) is 12.1 Å². The number of aliphatic carboxylic acids is 1. The third-order valence-electron chi connectivity index (χ3n) is 7.31. The molecule has 2 amide bonds. The Morgan fingerprint density at radius 1 is 0.929 bits per heavy atom. The highest BCUT2D eigenvalue weighted by Gasteiger charge is 2.42. The molecule has 0 saturated carbocycles. The molecule has 0 fully saturated rings. The standard InChI is InChI=1S/C32H46F3N3O4/c1-2-3-4-5-6-7-8-9-10-11-12-13-14-15-16-17-18-25(23-30(40)41)31(42)36-26-19-21-27(22-20-26)38-29(39)24-28(37-38)32(33,34)35/h17-22,25H,2-16,23-24H2,1H3,(H,36,42)(H,40,41). The van der Waals surface area contributed by atoms with Gasteiger partial charge in [0.05, 0.1) is 24.4 Å². The monoisotopic (exact) mass is 593 g/mol. The van der Waals surface area contributed by atoms with Gasteiger partial charge >= 0.3 is 12.1 Å². The molecule has 42 heavy (non-hydrogen) atoms. The molecular weight excluding hydrogens is 547 g/mol. The zero-order valence-electron chi connectivity index (χ0n) is 24.8. The molecular formula is C32H46F3N3O4. The van der Waals surface area contributed by atoms with Crippen LogP contribution in [0.2, 0.25) is 0 Å². The summed E-state index contributed by atoms with van der Waals surface area (Å²) < 4.78 is 38.6. The largest absolute Gasteiger partial charge is 0.481 e. The fourth-order valence-corrected chi connectivity index (χ4v) is 4.86. The van der Waals surface area contributed by atoms with Gasteiger partial charge in [-0.05, 0) is 37.1 Å². The van der Waals surface area contributed by atoms with Crippen LogP contribution in [-0.2, 0) is 14.4 Å². The number of alkyl halides is 3. The van der Waals surface area contributed by atoms with Crippen LogP contribution in [0.1, 0.15) is 116 Å². The van der Waals surface area contributed by atoms with E-state index in [1.54, 1.807) is 6.08 Å². The van der Waals surface area contributed by atoms with Crippen LogP contribution in [-0.4, -0.2) is 34.8 Å². The van der Waals surface area contributed by atoms with Crippen molar-refractivity contribution in [3.63, 3.8) is 0 Å². The van der Waals surface area contributed by atoms with Gasteiger partial charge in [-0.25, -0.2) is 5.01 Å². The van der Waals surface area contributed by atoms with Crippen LogP contribution < -0.4 is 10.3 Å². The number of carbonyl (C=O) groups excluding carboxylic acids is 2. The fraction of sp³-hybridized carbons (Fsp3) is 0.625. The highest BCUT2D eigenvalue weighted by molar-refractivity contribution is 6.14. The molecule has 0 bridgehead atoms. The van der Waals surface area contributed by atoms with Gasteiger partial charge < -0.3 is 10.4 Å². The number of hydrazone groups is 1. The average Bonchev–Trinajstić information content (AvgIpc) is 3.34. The van der Waals surface area contributed by atoms with Crippen LogP contribution in [0.5, 0.6) is 0 Å². The number of amides is 2. The Bertz CT molecular complexity index is 1040. The van der Waals surface area contributed by atoms with E-state index in [0.717, 1.165) is 19.3 Å². The Hall–Kier alpha value is -3.17. The number of allylic oxidation sites excluding steroid dienone is 1. The molecule has 10 heteroatoms. The van der Waals surface area contributed by atoms with Gasteiger partial charge in [0.25, 0.3) is 5.91 Å². The van der Waals surface area contributed by atoms with Crippen molar-refractivity contribution in [2.45, 2.75) is 122 Å². The van der Waals surface area contributed by atoms with Crippen molar-refractivity contribution in [2.24, 2.45) is 11.0 Å². The molecule has 0 aliphatic carbocycles. The molecule has 0 saturated heterocycles. The summed E-state index contributed by atoms with van der Waals surface area (Å²) in [5.74, 6) is -3.27. The lowest BCUT2D eigenvalue weighted by Gasteiger charge is -2.14. The van der Waals surface area contributed by atoms with Gasteiger partial charge in [0.2, 0.25) is 5.91 Å². The van der Waals surface area contributed by atoms with Crippen molar-refractivity contribution in [3.8, 4) is 0 Å². The van der Waals surface area contributed by atoms with Crippen LogP contribution in [0.3, 0.4) is 0 Å². The Morgan fingerprint density at radius 3 is 1.93 bits per heavy atom. The summed E-state index contributed by atoms with van der Waals surface area (Å²) in [6.07, 6.45) is 16.2. The smallest absolute Gasteiger partial charge is 0.431 e. The van der Waals surface area contributed by atoms with Crippen LogP contribution in [0, 0.1) is 5.92 Å². The average molecular weight is 594 g/mol. The van der Waals surface area contributed by atoms with E-state index in [1.807, 2.05) is 6.08 Å². The van der Waals surface area contributed by atoms with Gasteiger partial charge in [-0.2, -0.15) is 18.3 Å². The summed E-state index contributed by atoms with van der Waals surface area (Å²) in [7, 11) is 0. The van der Waals surface area contributed by atoms with E-state index >= 15 is 0 Å². The first-order valence-corrected chi connectivity index (χ1v) is 15.4. The number of carboxylic acids is 1. The number of anilines is 2. The minimum absolute atomic E-state index is 0.132. The Labute approximate surface area is 247 Å². The number of benzene rings is 1. The number of carboxylic acid groups (broad SMARTS) is 1. The third-order valence-corrected chi connectivity index (χ3v) is 7.31. The molecule has 1 aromatic carbocycles. The third kappa shape index (κ3) is 13.7. The predicted molar refractivity (Wildman–Crippen MR) is 160 cm³/mol. The summed E-state index contributed by atoms with van der Waals surface area (Å²) in [5.41, 5.74) is -0.708. The van der Waals surface area contributed by atoms with Crippen molar-refractivity contribution < 1.29 is 32.7 Å². The molecule has 1 aromatic rings. The highest BCUT2D eigenvalue weighted by Crippen LogP contribution is 2.29. The lowest BCUT2D eigenvalue weighted by molar-refractivity contribution is -0.139. The Balaban J connectivity index is 1.68. The first-order chi connectivity index (χ1) is 20.1. The molecule has 0 aromatic heterocycles. The SMILES string of the molecule is CCCCCCCCCCCCCCCCC=CC(CC(=O)O)C(=O)Nc1ccc(N2N=C(C(F)(F)F)CC2=O)cc1. The van der Waals surface area contributed by atoms with Crippen molar-refractivity contribution in [1.29, 1.82) is 0 Å². The molecule has 1 aliphatic rings. The van der Waals surface area contributed by atoms with Gasteiger partial charge in [0, 0.05) is 5.69 Å². The van der Waals surface area contributed by atoms with Crippen LogP contribution >= 0.6 is 0 Å². The summed E-state index contributed by atoms with van der Waals surface area (Å²) in [4.78, 5) is 36.0. The lowest BCUT2D eigenvalue weighted by atomic mass is 10.0. The molecule has 2 rings (SSSR count). The second-order valence-corrected chi connectivity index (χ2v) is 11.0. The molecule has 1 unspecified atom stereocenters. The number of halogens is 3. The maximum atomic E-state index is 12.9. The second-order valence-electron chi connectivity index (χ2n) is 11.0.